The lowest BCUT2D eigenvalue weighted by molar-refractivity contribution is -0.134. The first kappa shape index (κ1) is 13.2. The van der Waals surface area contributed by atoms with Crippen molar-refractivity contribution in [2.75, 3.05) is 0 Å². The SMILES string of the molecule is O=C(CCc1ccsc1)N(C1CCCCC1)C1CC1. The normalized spacial score (nSPS) is 20.4. The Labute approximate surface area is 119 Å². The fraction of sp³-hybridized carbons (Fsp3) is 0.688. The van der Waals surface area contributed by atoms with E-state index in [1.807, 2.05) is 0 Å². The first-order valence-corrected chi connectivity index (χ1v) is 8.61. The number of thiophene rings is 1. The number of carbonyl (C=O) groups is 1. The van der Waals surface area contributed by atoms with Crippen LogP contribution in [0, 0.1) is 0 Å². The molecule has 1 amide bonds. The van der Waals surface area contributed by atoms with Gasteiger partial charge in [-0.05, 0) is 54.5 Å². The number of aryl methyl sites for hydroxylation is 1. The van der Waals surface area contributed by atoms with E-state index in [4.69, 9.17) is 0 Å². The van der Waals surface area contributed by atoms with E-state index in [9.17, 15) is 4.79 Å². The van der Waals surface area contributed by atoms with Gasteiger partial charge in [-0.2, -0.15) is 11.3 Å². The van der Waals surface area contributed by atoms with Crippen molar-refractivity contribution in [3.8, 4) is 0 Å². The van der Waals surface area contributed by atoms with E-state index in [0.717, 1.165) is 6.42 Å². The number of rotatable bonds is 5. The molecule has 0 radical (unpaired) electrons. The number of amides is 1. The third-order valence-electron chi connectivity index (χ3n) is 4.40. The van der Waals surface area contributed by atoms with E-state index in [1.54, 1.807) is 11.3 Å². The Hall–Kier alpha value is -0.830. The second-order valence-electron chi connectivity index (χ2n) is 5.96. The van der Waals surface area contributed by atoms with Crippen molar-refractivity contribution in [3.63, 3.8) is 0 Å². The Kier molecular flexibility index (Phi) is 4.21. The molecular formula is C16H23NOS. The summed E-state index contributed by atoms with van der Waals surface area (Å²) in [5.74, 6) is 0.403. The summed E-state index contributed by atoms with van der Waals surface area (Å²) < 4.78 is 0. The molecule has 1 heterocycles. The smallest absolute Gasteiger partial charge is 0.223 e. The predicted octanol–water partition coefficient (Wildman–Crippen LogP) is 4.00. The molecular weight excluding hydrogens is 254 g/mol. The van der Waals surface area contributed by atoms with Crippen molar-refractivity contribution in [1.82, 2.24) is 4.90 Å². The highest BCUT2D eigenvalue weighted by molar-refractivity contribution is 7.07. The highest BCUT2D eigenvalue weighted by Gasteiger charge is 2.37. The quantitative estimate of drug-likeness (QED) is 0.796. The summed E-state index contributed by atoms with van der Waals surface area (Å²) in [7, 11) is 0. The summed E-state index contributed by atoms with van der Waals surface area (Å²) in [6.07, 6.45) is 10.5. The fourth-order valence-corrected chi connectivity index (χ4v) is 3.94. The van der Waals surface area contributed by atoms with Gasteiger partial charge < -0.3 is 4.90 Å². The zero-order valence-corrected chi connectivity index (χ0v) is 12.3. The van der Waals surface area contributed by atoms with Crippen molar-refractivity contribution in [1.29, 1.82) is 0 Å². The molecule has 0 N–H and O–H groups in total. The summed E-state index contributed by atoms with van der Waals surface area (Å²) in [5, 5.41) is 4.26. The molecule has 3 heteroatoms. The summed E-state index contributed by atoms with van der Waals surface area (Å²) in [5.41, 5.74) is 1.32. The van der Waals surface area contributed by atoms with Crippen LogP contribution in [0.3, 0.4) is 0 Å². The highest BCUT2D eigenvalue weighted by atomic mass is 32.1. The summed E-state index contributed by atoms with van der Waals surface area (Å²) in [4.78, 5) is 14.8. The van der Waals surface area contributed by atoms with Gasteiger partial charge in [-0.1, -0.05) is 19.3 Å². The minimum absolute atomic E-state index is 0.403. The van der Waals surface area contributed by atoms with E-state index in [-0.39, 0.29) is 0 Å². The lowest BCUT2D eigenvalue weighted by Gasteiger charge is -2.34. The van der Waals surface area contributed by atoms with E-state index in [0.29, 0.717) is 24.4 Å². The van der Waals surface area contributed by atoms with Crippen molar-refractivity contribution in [2.45, 2.75) is 69.9 Å². The van der Waals surface area contributed by atoms with Gasteiger partial charge in [0.1, 0.15) is 0 Å². The lowest BCUT2D eigenvalue weighted by atomic mass is 9.93. The van der Waals surface area contributed by atoms with Crippen LogP contribution in [0.15, 0.2) is 16.8 Å². The second kappa shape index (κ2) is 6.08. The monoisotopic (exact) mass is 277 g/mol. The molecule has 0 unspecified atom stereocenters. The summed E-state index contributed by atoms with van der Waals surface area (Å²) >= 11 is 1.72. The van der Waals surface area contributed by atoms with Crippen molar-refractivity contribution >= 4 is 17.2 Å². The largest absolute Gasteiger partial charge is 0.337 e. The van der Waals surface area contributed by atoms with Crippen LogP contribution in [0.4, 0.5) is 0 Å². The lowest BCUT2D eigenvalue weighted by Crippen LogP contribution is -2.43. The maximum absolute atomic E-state index is 12.5. The maximum atomic E-state index is 12.5. The van der Waals surface area contributed by atoms with Gasteiger partial charge in [0.05, 0.1) is 0 Å². The molecule has 2 nitrogen and oxygen atoms in total. The fourth-order valence-electron chi connectivity index (χ4n) is 3.23. The van der Waals surface area contributed by atoms with E-state index < -0.39 is 0 Å². The van der Waals surface area contributed by atoms with E-state index in [1.165, 1.54) is 50.5 Å². The Morgan fingerprint density at radius 3 is 2.53 bits per heavy atom. The molecule has 19 heavy (non-hydrogen) atoms. The van der Waals surface area contributed by atoms with Crippen LogP contribution < -0.4 is 0 Å². The molecule has 3 rings (SSSR count). The van der Waals surface area contributed by atoms with Crippen LogP contribution >= 0.6 is 11.3 Å². The van der Waals surface area contributed by atoms with Gasteiger partial charge in [-0.25, -0.2) is 0 Å². The van der Waals surface area contributed by atoms with Crippen LogP contribution in [-0.4, -0.2) is 22.9 Å². The zero-order valence-electron chi connectivity index (χ0n) is 11.5. The van der Waals surface area contributed by atoms with Gasteiger partial charge in [0.15, 0.2) is 0 Å². The molecule has 0 atom stereocenters. The van der Waals surface area contributed by atoms with E-state index >= 15 is 0 Å². The van der Waals surface area contributed by atoms with Crippen LogP contribution in [0.25, 0.3) is 0 Å². The summed E-state index contributed by atoms with van der Waals surface area (Å²) in [6.45, 7) is 0. The first-order valence-electron chi connectivity index (χ1n) is 7.67. The van der Waals surface area contributed by atoms with Gasteiger partial charge in [-0.3, -0.25) is 4.79 Å². The molecule has 2 aliphatic carbocycles. The Balaban J connectivity index is 1.57. The standard InChI is InChI=1S/C16H23NOS/c18-16(9-6-13-10-11-19-12-13)17(15-7-8-15)14-4-2-1-3-5-14/h10-12,14-15H,1-9H2. The molecule has 0 aliphatic heterocycles. The van der Waals surface area contributed by atoms with Crippen LogP contribution in [0.5, 0.6) is 0 Å². The molecule has 2 fully saturated rings. The first-order chi connectivity index (χ1) is 9.34. The van der Waals surface area contributed by atoms with Crippen molar-refractivity contribution in [3.05, 3.63) is 22.4 Å². The average Bonchev–Trinajstić information content (AvgIpc) is 3.13. The molecule has 0 spiro atoms. The van der Waals surface area contributed by atoms with Crippen LogP contribution in [0.2, 0.25) is 0 Å². The second-order valence-corrected chi connectivity index (χ2v) is 6.74. The minimum Gasteiger partial charge on any atom is -0.337 e. The topological polar surface area (TPSA) is 20.3 Å². The molecule has 1 aromatic rings. The van der Waals surface area contributed by atoms with Crippen LogP contribution in [-0.2, 0) is 11.2 Å². The third-order valence-corrected chi connectivity index (χ3v) is 5.14. The number of hydrogen-bond donors (Lipinski definition) is 0. The van der Waals surface area contributed by atoms with Crippen LogP contribution in [0.1, 0.15) is 56.9 Å². The maximum Gasteiger partial charge on any atom is 0.223 e. The van der Waals surface area contributed by atoms with Crippen molar-refractivity contribution in [2.24, 2.45) is 0 Å². The Morgan fingerprint density at radius 2 is 1.89 bits per heavy atom. The predicted molar refractivity (Wildman–Crippen MR) is 79.4 cm³/mol. The Morgan fingerprint density at radius 1 is 1.16 bits per heavy atom. The zero-order chi connectivity index (χ0) is 13.1. The average molecular weight is 277 g/mol. The van der Waals surface area contributed by atoms with Gasteiger partial charge in [-0.15, -0.1) is 0 Å². The third kappa shape index (κ3) is 3.38. The number of carbonyl (C=O) groups excluding carboxylic acids is 1. The number of nitrogens with zero attached hydrogens (tertiary/aromatic N) is 1. The molecule has 0 aromatic carbocycles. The van der Waals surface area contributed by atoms with E-state index in [2.05, 4.69) is 21.7 Å². The van der Waals surface area contributed by atoms with Gasteiger partial charge >= 0.3 is 0 Å². The highest BCUT2D eigenvalue weighted by Crippen LogP contribution is 2.34. The molecule has 2 saturated carbocycles. The van der Waals surface area contributed by atoms with Gasteiger partial charge in [0, 0.05) is 18.5 Å². The number of hydrogen-bond acceptors (Lipinski definition) is 2. The molecule has 104 valence electrons. The van der Waals surface area contributed by atoms with Gasteiger partial charge in [0.25, 0.3) is 0 Å². The minimum atomic E-state index is 0.403. The Bertz CT molecular complexity index is 404. The van der Waals surface area contributed by atoms with Crippen molar-refractivity contribution < 1.29 is 4.79 Å². The molecule has 0 saturated heterocycles. The van der Waals surface area contributed by atoms with Gasteiger partial charge in [0.2, 0.25) is 5.91 Å². The molecule has 2 aliphatic rings. The molecule has 0 bridgehead atoms. The molecule has 1 aromatic heterocycles. The summed E-state index contributed by atoms with van der Waals surface area (Å²) in [6, 6.07) is 3.27.